The molecule has 1 heterocycles. The van der Waals surface area contributed by atoms with Crippen molar-refractivity contribution in [3.63, 3.8) is 0 Å². The predicted molar refractivity (Wildman–Crippen MR) is 56.1 cm³/mol. The lowest BCUT2D eigenvalue weighted by molar-refractivity contribution is 0.327. The Morgan fingerprint density at radius 1 is 1.50 bits per heavy atom. The molecular weight excluding hydrogens is 199 g/mol. The molecule has 1 aromatic carbocycles. The Balaban J connectivity index is 2.25. The molecule has 14 heavy (non-hydrogen) atoms. The van der Waals surface area contributed by atoms with Gasteiger partial charge < -0.3 is 9.61 Å². The lowest BCUT2D eigenvalue weighted by Crippen LogP contribution is -2.23. The van der Waals surface area contributed by atoms with Crippen LogP contribution in [-0.2, 0) is 15.6 Å². The van der Waals surface area contributed by atoms with Crippen LogP contribution in [0.3, 0.4) is 0 Å². The van der Waals surface area contributed by atoms with Crippen LogP contribution >= 0.6 is 7.67 Å². The van der Waals surface area contributed by atoms with E-state index >= 15 is 0 Å². The van der Waals surface area contributed by atoms with Gasteiger partial charge in [-0.05, 0) is 18.6 Å². The van der Waals surface area contributed by atoms with Crippen molar-refractivity contribution in [2.45, 2.75) is 13.5 Å². The van der Waals surface area contributed by atoms with Crippen molar-refractivity contribution < 1.29 is 9.09 Å². The third-order valence-electron chi connectivity index (χ3n) is 2.07. The van der Waals surface area contributed by atoms with Crippen molar-refractivity contribution in [2.75, 3.05) is 11.7 Å². The Morgan fingerprint density at radius 2 is 2.29 bits per heavy atom. The molecule has 0 aromatic heterocycles. The molecule has 76 valence electrons. The van der Waals surface area contributed by atoms with Gasteiger partial charge in [0.15, 0.2) is 0 Å². The Morgan fingerprint density at radius 3 is 3.07 bits per heavy atom. The maximum atomic E-state index is 12.0. The van der Waals surface area contributed by atoms with Crippen LogP contribution in [0.2, 0.25) is 0 Å². The molecule has 2 rings (SSSR count). The molecule has 0 saturated carbocycles. The minimum Gasteiger partial charge on any atom is -0.303 e. The van der Waals surface area contributed by atoms with Gasteiger partial charge in [-0.3, -0.25) is 0 Å². The highest BCUT2D eigenvalue weighted by molar-refractivity contribution is 7.58. The third-order valence-corrected chi connectivity index (χ3v) is 3.81. The molecule has 1 aliphatic rings. The first-order valence-corrected chi connectivity index (χ1v) is 6.22. The summed E-state index contributed by atoms with van der Waals surface area (Å²) in [5.41, 5.74) is 2.00. The van der Waals surface area contributed by atoms with Crippen LogP contribution in [0.15, 0.2) is 24.3 Å². The number of anilines is 1. The summed E-state index contributed by atoms with van der Waals surface area (Å²) in [6.45, 7) is 2.84. The first-order chi connectivity index (χ1) is 6.73. The fourth-order valence-corrected chi connectivity index (χ4v) is 2.94. The normalized spacial score (nSPS) is 25.2. The van der Waals surface area contributed by atoms with Gasteiger partial charge >= 0.3 is 7.67 Å². The van der Waals surface area contributed by atoms with E-state index in [2.05, 4.69) is 10.2 Å². The fourth-order valence-electron chi connectivity index (χ4n) is 1.43. The number of benzene rings is 1. The molecule has 0 unspecified atom stereocenters. The van der Waals surface area contributed by atoms with Crippen LogP contribution in [0.1, 0.15) is 12.5 Å². The molecule has 0 fully saturated rings. The minimum atomic E-state index is -2.85. The highest BCUT2D eigenvalue weighted by Gasteiger charge is 2.27. The van der Waals surface area contributed by atoms with Crippen LogP contribution in [0, 0.1) is 0 Å². The molecule has 1 atom stereocenters. The molecule has 5 heteroatoms. The SMILES string of the molecule is CCO[P@]1(=O)NCc2ccccc2N1. The quantitative estimate of drug-likeness (QED) is 0.739. The molecule has 1 aliphatic heterocycles. The van der Waals surface area contributed by atoms with Gasteiger partial charge in [-0.2, -0.15) is 0 Å². The second kappa shape index (κ2) is 3.73. The molecule has 0 amide bonds. The van der Waals surface area contributed by atoms with Crippen molar-refractivity contribution in [1.29, 1.82) is 0 Å². The predicted octanol–water partition coefficient (Wildman–Crippen LogP) is 2.35. The zero-order valence-electron chi connectivity index (χ0n) is 7.99. The van der Waals surface area contributed by atoms with Crippen LogP contribution in [0.25, 0.3) is 0 Å². The Bertz CT molecular complexity index is 381. The van der Waals surface area contributed by atoms with E-state index in [1.54, 1.807) is 0 Å². The maximum absolute atomic E-state index is 12.0. The van der Waals surface area contributed by atoms with Gasteiger partial charge in [-0.1, -0.05) is 18.2 Å². The maximum Gasteiger partial charge on any atom is 0.366 e. The van der Waals surface area contributed by atoms with Gasteiger partial charge in [0.05, 0.1) is 6.61 Å². The van der Waals surface area contributed by atoms with E-state index < -0.39 is 7.67 Å². The summed E-state index contributed by atoms with van der Waals surface area (Å²) in [5.74, 6) is 0. The van der Waals surface area contributed by atoms with E-state index in [1.165, 1.54) is 0 Å². The Kier molecular flexibility index (Phi) is 2.59. The zero-order chi connectivity index (χ0) is 10.0. The molecule has 4 nitrogen and oxygen atoms in total. The Labute approximate surface area is 83.2 Å². The summed E-state index contributed by atoms with van der Waals surface area (Å²) in [6, 6.07) is 7.76. The van der Waals surface area contributed by atoms with Crippen molar-refractivity contribution in [3.8, 4) is 0 Å². The number of fused-ring (bicyclic) bond motifs is 1. The van der Waals surface area contributed by atoms with E-state index in [4.69, 9.17) is 4.52 Å². The molecular formula is C9H13N2O2P. The minimum absolute atomic E-state index is 0.430. The van der Waals surface area contributed by atoms with E-state index in [-0.39, 0.29) is 0 Å². The monoisotopic (exact) mass is 212 g/mol. The molecule has 2 N–H and O–H groups in total. The van der Waals surface area contributed by atoms with Gasteiger partial charge in [0.2, 0.25) is 0 Å². The van der Waals surface area contributed by atoms with Gasteiger partial charge in [-0.25, -0.2) is 9.65 Å². The summed E-state index contributed by atoms with van der Waals surface area (Å²) in [7, 11) is -2.85. The van der Waals surface area contributed by atoms with Crippen molar-refractivity contribution in [1.82, 2.24) is 5.09 Å². The van der Waals surface area contributed by atoms with E-state index in [9.17, 15) is 4.57 Å². The van der Waals surface area contributed by atoms with Crippen LogP contribution in [0.5, 0.6) is 0 Å². The van der Waals surface area contributed by atoms with E-state index in [1.807, 2.05) is 31.2 Å². The zero-order valence-corrected chi connectivity index (χ0v) is 8.88. The Hall–Kier alpha value is -0.830. The van der Waals surface area contributed by atoms with Crippen LogP contribution in [-0.4, -0.2) is 6.61 Å². The second-order valence-electron chi connectivity index (χ2n) is 3.07. The van der Waals surface area contributed by atoms with E-state index in [0.717, 1.165) is 11.3 Å². The molecule has 0 spiro atoms. The molecule has 0 aliphatic carbocycles. The standard InChI is InChI=1S/C9H13N2O2P/c1-2-13-14(12)10-7-8-5-3-4-6-9(8)11-14/h3-6H,2,7H2,1H3,(H2,10,11,12)/t14-/m1/s1. The highest BCUT2D eigenvalue weighted by atomic mass is 31.2. The smallest absolute Gasteiger partial charge is 0.303 e. The number of rotatable bonds is 2. The van der Waals surface area contributed by atoms with Gasteiger partial charge in [-0.15, -0.1) is 0 Å². The molecule has 1 aromatic rings. The van der Waals surface area contributed by atoms with Crippen molar-refractivity contribution in [2.24, 2.45) is 0 Å². The average molecular weight is 212 g/mol. The van der Waals surface area contributed by atoms with Gasteiger partial charge in [0.1, 0.15) is 0 Å². The number of hydrogen-bond donors (Lipinski definition) is 2. The van der Waals surface area contributed by atoms with Crippen molar-refractivity contribution >= 4 is 13.4 Å². The lowest BCUT2D eigenvalue weighted by Gasteiger charge is -2.27. The van der Waals surface area contributed by atoms with Crippen molar-refractivity contribution in [3.05, 3.63) is 29.8 Å². The highest BCUT2D eigenvalue weighted by Crippen LogP contribution is 2.46. The van der Waals surface area contributed by atoms with Gasteiger partial charge in [0, 0.05) is 12.2 Å². The second-order valence-corrected chi connectivity index (χ2v) is 4.97. The molecule has 0 bridgehead atoms. The van der Waals surface area contributed by atoms with Gasteiger partial charge in [0.25, 0.3) is 0 Å². The topological polar surface area (TPSA) is 50.4 Å². The summed E-state index contributed by atoms with van der Waals surface area (Å²) in [5, 5.41) is 5.77. The number of para-hydroxylation sites is 1. The fraction of sp³-hybridized carbons (Fsp3) is 0.333. The van der Waals surface area contributed by atoms with E-state index in [0.29, 0.717) is 13.2 Å². The third kappa shape index (κ3) is 1.82. The number of nitrogens with one attached hydrogen (secondary N) is 2. The van der Waals surface area contributed by atoms with Crippen LogP contribution in [0.4, 0.5) is 5.69 Å². The van der Waals surface area contributed by atoms with Crippen LogP contribution < -0.4 is 10.2 Å². The summed E-state index contributed by atoms with van der Waals surface area (Å²) >= 11 is 0. The summed E-state index contributed by atoms with van der Waals surface area (Å²) in [6.07, 6.45) is 0. The molecule has 0 radical (unpaired) electrons. The average Bonchev–Trinajstić information content (AvgIpc) is 2.17. The summed E-state index contributed by atoms with van der Waals surface area (Å²) in [4.78, 5) is 0. The first kappa shape index (κ1) is 9.71. The lowest BCUT2D eigenvalue weighted by atomic mass is 10.2. The largest absolute Gasteiger partial charge is 0.366 e. The number of hydrogen-bond acceptors (Lipinski definition) is 2. The molecule has 0 saturated heterocycles. The first-order valence-electron chi connectivity index (χ1n) is 4.59. The summed E-state index contributed by atoms with van der Waals surface area (Å²) < 4.78 is 17.1.